The van der Waals surface area contributed by atoms with Gasteiger partial charge in [0.25, 0.3) is 0 Å². The van der Waals surface area contributed by atoms with Crippen molar-refractivity contribution in [1.29, 1.82) is 0 Å². The molecule has 0 unspecified atom stereocenters. The number of aryl methyl sites for hydroxylation is 1. The molecule has 1 aromatic rings. The van der Waals surface area contributed by atoms with Crippen LogP contribution in [0.25, 0.3) is 0 Å². The van der Waals surface area contributed by atoms with Gasteiger partial charge in [-0.25, -0.2) is 0 Å². The quantitative estimate of drug-likeness (QED) is 0.811. The Morgan fingerprint density at radius 1 is 1.46 bits per heavy atom. The predicted molar refractivity (Wildman–Crippen MR) is 59.1 cm³/mol. The Bertz CT molecular complexity index is 266. The highest BCUT2D eigenvalue weighted by atomic mass is 79.9. The second-order valence-electron chi connectivity index (χ2n) is 3.71. The molecule has 1 aromatic heterocycles. The highest BCUT2D eigenvalue weighted by Crippen LogP contribution is 2.18. The van der Waals surface area contributed by atoms with E-state index in [4.69, 9.17) is 0 Å². The van der Waals surface area contributed by atoms with Gasteiger partial charge in [-0.05, 0) is 18.8 Å². The Balaban J connectivity index is 2.87. The minimum Gasteiger partial charge on any atom is -0.282 e. The monoisotopic (exact) mass is 244 g/mol. The molecular formula is C10H17BrN2. The molecule has 1 rings (SSSR count). The zero-order valence-corrected chi connectivity index (χ0v) is 10.1. The third-order valence-electron chi connectivity index (χ3n) is 2.12. The number of hydrogen-bond donors (Lipinski definition) is 1. The highest BCUT2D eigenvalue weighted by Gasteiger charge is 2.11. The molecule has 0 aromatic carbocycles. The van der Waals surface area contributed by atoms with Crippen molar-refractivity contribution in [3.63, 3.8) is 0 Å². The largest absolute Gasteiger partial charge is 0.282 e. The summed E-state index contributed by atoms with van der Waals surface area (Å²) in [4.78, 5) is 0. The number of H-pyrrole nitrogens is 1. The summed E-state index contributed by atoms with van der Waals surface area (Å²) in [6.07, 6.45) is 2.10. The van der Waals surface area contributed by atoms with Crippen molar-refractivity contribution in [2.45, 2.75) is 38.9 Å². The van der Waals surface area contributed by atoms with E-state index in [1.807, 2.05) is 0 Å². The normalized spacial score (nSPS) is 11.2. The fourth-order valence-corrected chi connectivity index (χ4v) is 2.13. The zero-order chi connectivity index (χ0) is 9.84. The summed E-state index contributed by atoms with van der Waals surface area (Å²) in [7, 11) is 0. The van der Waals surface area contributed by atoms with Crippen LogP contribution >= 0.6 is 15.9 Å². The number of halogens is 1. The van der Waals surface area contributed by atoms with Gasteiger partial charge >= 0.3 is 0 Å². The zero-order valence-electron chi connectivity index (χ0n) is 8.52. The Morgan fingerprint density at radius 2 is 2.15 bits per heavy atom. The van der Waals surface area contributed by atoms with E-state index in [0.717, 1.165) is 18.2 Å². The van der Waals surface area contributed by atoms with E-state index in [1.54, 1.807) is 0 Å². The number of aromatic amines is 1. The summed E-state index contributed by atoms with van der Waals surface area (Å²) in [5.74, 6) is 0.683. The van der Waals surface area contributed by atoms with Crippen LogP contribution in [0.5, 0.6) is 0 Å². The average Bonchev–Trinajstić information content (AvgIpc) is 2.45. The Hall–Kier alpha value is -0.310. The van der Waals surface area contributed by atoms with Crippen molar-refractivity contribution >= 4 is 15.9 Å². The van der Waals surface area contributed by atoms with E-state index in [-0.39, 0.29) is 0 Å². The first-order valence-corrected chi connectivity index (χ1v) is 5.92. The van der Waals surface area contributed by atoms with E-state index in [0.29, 0.717) is 5.92 Å². The van der Waals surface area contributed by atoms with Crippen LogP contribution in [-0.4, -0.2) is 10.2 Å². The van der Waals surface area contributed by atoms with E-state index >= 15 is 0 Å². The lowest BCUT2D eigenvalue weighted by atomic mass is 10.0. The molecule has 2 nitrogen and oxygen atoms in total. The van der Waals surface area contributed by atoms with Crippen LogP contribution in [0.2, 0.25) is 0 Å². The SMILES string of the molecule is CCc1n[nH]c(CC(C)C)c1CBr. The maximum atomic E-state index is 4.30. The number of hydrogen-bond acceptors (Lipinski definition) is 1. The lowest BCUT2D eigenvalue weighted by Gasteiger charge is -2.04. The molecule has 0 atom stereocenters. The van der Waals surface area contributed by atoms with E-state index in [2.05, 4.69) is 46.9 Å². The van der Waals surface area contributed by atoms with Gasteiger partial charge in [-0.2, -0.15) is 5.10 Å². The molecule has 0 aliphatic heterocycles. The first-order valence-electron chi connectivity index (χ1n) is 4.80. The maximum absolute atomic E-state index is 4.30. The average molecular weight is 245 g/mol. The minimum atomic E-state index is 0.683. The molecule has 0 radical (unpaired) electrons. The van der Waals surface area contributed by atoms with Crippen molar-refractivity contribution in [1.82, 2.24) is 10.2 Å². The van der Waals surface area contributed by atoms with Crippen LogP contribution in [-0.2, 0) is 18.2 Å². The van der Waals surface area contributed by atoms with Crippen molar-refractivity contribution in [3.05, 3.63) is 17.0 Å². The molecule has 13 heavy (non-hydrogen) atoms. The van der Waals surface area contributed by atoms with Crippen LogP contribution in [0, 0.1) is 5.92 Å². The number of alkyl halides is 1. The molecule has 74 valence electrons. The third kappa shape index (κ3) is 2.56. The van der Waals surface area contributed by atoms with Gasteiger partial charge < -0.3 is 0 Å². The summed E-state index contributed by atoms with van der Waals surface area (Å²) in [6.45, 7) is 6.59. The van der Waals surface area contributed by atoms with E-state index in [1.165, 1.54) is 17.0 Å². The van der Waals surface area contributed by atoms with Crippen LogP contribution in [0.4, 0.5) is 0 Å². The number of aromatic nitrogens is 2. The third-order valence-corrected chi connectivity index (χ3v) is 2.68. The topological polar surface area (TPSA) is 28.7 Å². The molecule has 0 spiro atoms. The Morgan fingerprint density at radius 3 is 2.62 bits per heavy atom. The molecule has 1 heterocycles. The lowest BCUT2D eigenvalue weighted by molar-refractivity contribution is 0.631. The fourth-order valence-electron chi connectivity index (χ4n) is 1.47. The smallest absolute Gasteiger partial charge is 0.0662 e. The van der Waals surface area contributed by atoms with Gasteiger partial charge in [-0.3, -0.25) is 5.10 Å². The van der Waals surface area contributed by atoms with Gasteiger partial charge in [0.05, 0.1) is 5.69 Å². The fraction of sp³-hybridized carbons (Fsp3) is 0.700. The van der Waals surface area contributed by atoms with Gasteiger partial charge in [0.1, 0.15) is 0 Å². The van der Waals surface area contributed by atoms with Gasteiger partial charge in [0, 0.05) is 16.6 Å². The highest BCUT2D eigenvalue weighted by molar-refractivity contribution is 9.08. The van der Waals surface area contributed by atoms with Crippen LogP contribution in [0.15, 0.2) is 0 Å². The lowest BCUT2D eigenvalue weighted by Crippen LogP contribution is -1.97. The number of rotatable bonds is 4. The maximum Gasteiger partial charge on any atom is 0.0662 e. The standard InChI is InChI=1S/C10H17BrN2/c1-4-9-8(6-11)10(13-12-9)5-7(2)3/h7H,4-6H2,1-3H3,(H,12,13). The van der Waals surface area contributed by atoms with Crippen molar-refractivity contribution in [3.8, 4) is 0 Å². The summed E-state index contributed by atoms with van der Waals surface area (Å²) in [5, 5.41) is 8.34. The van der Waals surface area contributed by atoms with Crippen LogP contribution in [0.3, 0.4) is 0 Å². The molecule has 0 aliphatic rings. The Kier molecular flexibility index (Phi) is 3.97. The van der Waals surface area contributed by atoms with Crippen LogP contribution < -0.4 is 0 Å². The summed E-state index contributed by atoms with van der Waals surface area (Å²) in [5.41, 5.74) is 3.85. The van der Waals surface area contributed by atoms with E-state index in [9.17, 15) is 0 Å². The number of nitrogens with zero attached hydrogens (tertiary/aromatic N) is 1. The van der Waals surface area contributed by atoms with Gasteiger partial charge in [0.15, 0.2) is 0 Å². The van der Waals surface area contributed by atoms with Crippen molar-refractivity contribution in [2.75, 3.05) is 0 Å². The molecule has 0 bridgehead atoms. The predicted octanol–water partition coefficient (Wildman–Crippen LogP) is 3.07. The molecule has 0 aliphatic carbocycles. The van der Waals surface area contributed by atoms with Gasteiger partial charge in [-0.15, -0.1) is 0 Å². The Labute approximate surface area is 88.3 Å². The van der Waals surface area contributed by atoms with Crippen LogP contribution in [0.1, 0.15) is 37.7 Å². The molecule has 0 amide bonds. The summed E-state index contributed by atoms with van der Waals surface area (Å²) < 4.78 is 0. The second kappa shape index (κ2) is 4.80. The summed E-state index contributed by atoms with van der Waals surface area (Å²) >= 11 is 3.51. The summed E-state index contributed by atoms with van der Waals surface area (Å²) in [6, 6.07) is 0. The number of nitrogens with one attached hydrogen (secondary N) is 1. The first kappa shape index (κ1) is 10.8. The molecular weight excluding hydrogens is 228 g/mol. The first-order chi connectivity index (χ1) is 6.19. The molecule has 1 N–H and O–H groups in total. The van der Waals surface area contributed by atoms with E-state index < -0.39 is 0 Å². The van der Waals surface area contributed by atoms with Crippen molar-refractivity contribution < 1.29 is 0 Å². The second-order valence-corrected chi connectivity index (χ2v) is 4.27. The molecule has 3 heteroatoms. The minimum absolute atomic E-state index is 0.683. The molecule has 0 saturated heterocycles. The van der Waals surface area contributed by atoms with Gasteiger partial charge in [0.2, 0.25) is 0 Å². The van der Waals surface area contributed by atoms with Crippen molar-refractivity contribution in [2.24, 2.45) is 5.92 Å². The molecule has 0 fully saturated rings. The molecule has 0 saturated carbocycles. The van der Waals surface area contributed by atoms with Gasteiger partial charge in [-0.1, -0.05) is 36.7 Å².